The van der Waals surface area contributed by atoms with Gasteiger partial charge >= 0.3 is 0 Å². The minimum absolute atomic E-state index is 0.267. The quantitative estimate of drug-likeness (QED) is 0.754. The standard InChI is InChI=1S/C12H20N2S/c1-9(2)15-11-6-4-10(5-7-11)12(8-13)14-3/h4-7,9,12,14H,8,13H2,1-3H3. The summed E-state index contributed by atoms with van der Waals surface area (Å²) in [7, 11) is 1.94. The number of thioether (sulfide) groups is 1. The minimum atomic E-state index is 0.267. The van der Waals surface area contributed by atoms with Crippen molar-refractivity contribution < 1.29 is 0 Å². The number of nitrogens with one attached hydrogen (secondary N) is 1. The molecule has 0 saturated carbocycles. The van der Waals surface area contributed by atoms with Crippen molar-refractivity contribution in [3.8, 4) is 0 Å². The highest BCUT2D eigenvalue weighted by atomic mass is 32.2. The van der Waals surface area contributed by atoms with E-state index in [0.717, 1.165) is 0 Å². The van der Waals surface area contributed by atoms with Crippen LogP contribution in [0.1, 0.15) is 25.5 Å². The fourth-order valence-corrected chi connectivity index (χ4v) is 2.31. The third kappa shape index (κ3) is 3.86. The summed E-state index contributed by atoms with van der Waals surface area (Å²) in [6.45, 7) is 5.04. The Kier molecular flexibility index (Phi) is 5.15. The largest absolute Gasteiger partial charge is 0.329 e. The second-order valence-electron chi connectivity index (χ2n) is 3.81. The first-order valence-corrected chi connectivity index (χ1v) is 6.19. The first kappa shape index (κ1) is 12.6. The molecule has 3 heteroatoms. The van der Waals surface area contributed by atoms with Crippen molar-refractivity contribution in [3.05, 3.63) is 29.8 Å². The van der Waals surface area contributed by atoms with Gasteiger partial charge in [0, 0.05) is 22.7 Å². The SMILES string of the molecule is CNC(CN)c1ccc(SC(C)C)cc1. The molecule has 84 valence electrons. The fraction of sp³-hybridized carbons (Fsp3) is 0.500. The number of hydrogen-bond acceptors (Lipinski definition) is 3. The molecule has 15 heavy (non-hydrogen) atoms. The molecule has 3 N–H and O–H groups in total. The predicted molar refractivity (Wildman–Crippen MR) is 68.3 cm³/mol. The maximum absolute atomic E-state index is 5.67. The zero-order valence-electron chi connectivity index (χ0n) is 9.66. The van der Waals surface area contributed by atoms with Gasteiger partial charge in [0.25, 0.3) is 0 Å². The Labute approximate surface area is 96.6 Å². The molecule has 0 radical (unpaired) electrons. The molecule has 0 heterocycles. The second kappa shape index (κ2) is 6.16. The highest BCUT2D eigenvalue weighted by molar-refractivity contribution is 7.99. The number of hydrogen-bond donors (Lipinski definition) is 2. The molecule has 0 aliphatic heterocycles. The number of nitrogens with two attached hydrogens (primary N) is 1. The van der Waals surface area contributed by atoms with Crippen LogP contribution in [0.25, 0.3) is 0 Å². The topological polar surface area (TPSA) is 38.0 Å². The summed E-state index contributed by atoms with van der Waals surface area (Å²) >= 11 is 1.88. The van der Waals surface area contributed by atoms with Crippen molar-refractivity contribution in [1.29, 1.82) is 0 Å². The van der Waals surface area contributed by atoms with Crippen LogP contribution in [-0.2, 0) is 0 Å². The molecule has 1 rings (SSSR count). The van der Waals surface area contributed by atoms with Gasteiger partial charge in [-0.2, -0.15) is 0 Å². The van der Waals surface area contributed by atoms with Gasteiger partial charge in [0.1, 0.15) is 0 Å². The van der Waals surface area contributed by atoms with E-state index in [4.69, 9.17) is 5.73 Å². The molecule has 1 aromatic carbocycles. The lowest BCUT2D eigenvalue weighted by Gasteiger charge is -2.14. The lowest BCUT2D eigenvalue weighted by atomic mass is 10.1. The zero-order chi connectivity index (χ0) is 11.3. The van der Waals surface area contributed by atoms with Gasteiger partial charge < -0.3 is 11.1 Å². The van der Waals surface area contributed by atoms with E-state index in [1.807, 2.05) is 18.8 Å². The molecule has 0 aliphatic rings. The van der Waals surface area contributed by atoms with Gasteiger partial charge in [0.15, 0.2) is 0 Å². The summed E-state index contributed by atoms with van der Waals surface area (Å²) in [6.07, 6.45) is 0. The summed E-state index contributed by atoms with van der Waals surface area (Å²) in [6, 6.07) is 8.90. The first-order chi connectivity index (χ1) is 7.17. The maximum atomic E-state index is 5.67. The van der Waals surface area contributed by atoms with Crippen molar-refractivity contribution in [2.45, 2.75) is 30.0 Å². The smallest absolute Gasteiger partial charge is 0.0442 e. The van der Waals surface area contributed by atoms with Crippen LogP contribution in [-0.4, -0.2) is 18.8 Å². The Morgan fingerprint density at radius 1 is 1.27 bits per heavy atom. The van der Waals surface area contributed by atoms with Gasteiger partial charge in [0.05, 0.1) is 0 Å². The summed E-state index contributed by atoms with van der Waals surface area (Å²) in [4.78, 5) is 1.32. The molecule has 0 aliphatic carbocycles. The third-order valence-corrected chi connectivity index (χ3v) is 3.25. The van der Waals surface area contributed by atoms with E-state index in [1.54, 1.807) is 0 Å². The molecule has 0 amide bonds. The van der Waals surface area contributed by atoms with Crippen LogP contribution < -0.4 is 11.1 Å². The van der Waals surface area contributed by atoms with Crippen molar-refractivity contribution in [2.24, 2.45) is 5.73 Å². The Bertz CT molecular complexity index is 278. The van der Waals surface area contributed by atoms with Crippen LogP contribution in [0.5, 0.6) is 0 Å². The lowest BCUT2D eigenvalue weighted by Crippen LogP contribution is -2.24. The summed E-state index contributed by atoms with van der Waals surface area (Å²) < 4.78 is 0. The minimum Gasteiger partial charge on any atom is -0.329 e. The lowest BCUT2D eigenvalue weighted by molar-refractivity contribution is 0.605. The Balaban J connectivity index is 2.71. The average molecular weight is 224 g/mol. The molecule has 0 bridgehead atoms. The van der Waals surface area contributed by atoms with Crippen LogP contribution in [0.2, 0.25) is 0 Å². The normalized spacial score (nSPS) is 13.1. The average Bonchev–Trinajstić information content (AvgIpc) is 2.21. The summed E-state index contributed by atoms with van der Waals surface area (Å²) in [5.41, 5.74) is 6.92. The van der Waals surface area contributed by atoms with E-state index in [0.29, 0.717) is 11.8 Å². The first-order valence-electron chi connectivity index (χ1n) is 5.31. The Morgan fingerprint density at radius 2 is 1.87 bits per heavy atom. The van der Waals surface area contributed by atoms with Crippen molar-refractivity contribution >= 4 is 11.8 Å². The second-order valence-corrected chi connectivity index (χ2v) is 5.46. The van der Waals surface area contributed by atoms with E-state index in [2.05, 4.69) is 43.4 Å². The summed E-state index contributed by atoms with van der Waals surface area (Å²) in [5.74, 6) is 0. The monoisotopic (exact) mass is 224 g/mol. The molecule has 0 aromatic heterocycles. The molecule has 1 aromatic rings. The van der Waals surface area contributed by atoms with Gasteiger partial charge in [-0.1, -0.05) is 26.0 Å². The van der Waals surface area contributed by atoms with Gasteiger partial charge in [-0.25, -0.2) is 0 Å². The van der Waals surface area contributed by atoms with Gasteiger partial charge in [0.2, 0.25) is 0 Å². The maximum Gasteiger partial charge on any atom is 0.0442 e. The molecule has 1 unspecified atom stereocenters. The highest BCUT2D eigenvalue weighted by Crippen LogP contribution is 2.24. The van der Waals surface area contributed by atoms with Crippen LogP contribution >= 0.6 is 11.8 Å². The predicted octanol–water partition coefficient (Wildman–Crippen LogP) is 2.41. The molecule has 0 fully saturated rings. The highest BCUT2D eigenvalue weighted by Gasteiger charge is 2.06. The number of likely N-dealkylation sites (N-methyl/N-ethyl adjacent to an activating group) is 1. The van der Waals surface area contributed by atoms with E-state index in [1.165, 1.54) is 10.5 Å². The van der Waals surface area contributed by atoms with E-state index >= 15 is 0 Å². The molecule has 1 atom stereocenters. The van der Waals surface area contributed by atoms with Gasteiger partial charge in [-0.3, -0.25) is 0 Å². The van der Waals surface area contributed by atoms with Crippen molar-refractivity contribution in [3.63, 3.8) is 0 Å². The zero-order valence-corrected chi connectivity index (χ0v) is 10.5. The number of benzene rings is 1. The number of rotatable bonds is 5. The van der Waals surface area contributed by atoms with Crippen LogP contribution in [0.3, 0.4) is 0 Å². The third-order valence-electron chi connectivity index (χ3n) is 2.24. The van der Waals surface area contributed by atoms with Crippen LogP contribution in [0.15, 0.2) is 29.2 Å². The van der Waals surface area contributed by atoms with E-state index in [9.17, 15) is 0 Å². The molecular weight excluding hydrogens is 204 g/mol. The van der Waals surface area contributed by atoms with Crippen molar-refractivity contribution in [2.75, 3.05) is 13.6 Å². The van der Waals surface area contributed by atoms with Crippen LogP contribution in [0, 0.1) is 0 Å². The van der Waals surface area contributed by atoms with Crippen LogP contribution in [0.4, 0.5) is 0 Å². The van der Waals surface area contributed by atoms with Gasteiger partial charge in [-0.15, -0.1) is 11.8 Å². The van der Waals surface area contributed by atoms with Gasteiger partial charge in [-0.05, 0) is 24.7 Å². The summed E-state index contributed by atoms with van der Waals surface area (Å²) in [5, 5.41) is 3.83. The van der Waals surface area contributed by atoms with E-state index in [-0.39, 0.29) is 6.04 Å². The van der Waals surface area contributed by atoms with Crippen molar-refractivity contribution in [1.82, 2.24) is 5.32 Å². The Hall–Kier alpha value is -0.510. The molecule has 2 nitrogen and oxygen atoms in total. The van der Waals surface area contributed by atoms with E-state index < -0.39 is 0 Å². The molecular formula is C12H20N2S. The fourth-order valence-electron chi connectivity index (χ4n) is 1.47. The molecule has 0 saturated heterocycles. The Morgan fingerprint density at radius 3 is 2.27 bits per heavy atom. The molecule has 0 spiro atoms.